The van der Waals surface area contributed by atoms with Crippen LogP contribution in [0.15, 0.2) is 32.2 Å². The Bertz CT molecular complexity index is 581. The van der Waals surface area contributed by atoms with E-state index in [1.54, 1.807) is 23.0 Å². The van der Waals surface area contributed by atoms with Crippen molar-refractivity contribution in [2.24, 2.45) is 0 Å². The summed E-state index contributed by atoms with van der Waals surface area (Å²) in [6.07, 6.45) is 3.41. The Morgan fingerprint density at radius 3 is 2.88 bits per heavy atom. The van der Waals surface area contributed by atoms with Gasteiger partial charge in [0.25, 0.3) is 5.56 Å². The summed E-state index contributed by atoms with van der Waals surface area (Å²) in [4.78, 5) is 16.7. The Hall–Kier alpha value is -0.170. The highest BCUT2D eigenvalue weighted by Crippen LogP contribution is 2.19. The zero-order valence-electron chi connectivity index (χ0n) is 7.78. The normalized spacial score (nSPS) is 10.7. The molecule has 16 heavy (non-hydrogen) atoms. The van der Waals surface area contributed by atoms with Gasteiger partial charge < -0.3 is 4.57 Å². The lowest BCUT2D eigenvalue weighted by molar-refractivity contribution is 0.760. The fraction of sp³-hybridized carbons (Fsp3) is 0.111. The summed E-state index contributed by atoms with van der Waals surface area (Å²) in [5, 5.41) is 0. The average molecular weight is 384 g/mol. The van der Waals surface area contributed by atoms with Gasteiger partial charge in [0.15, 0.2) is 4.47 Å². The largest absolute Gasteiger partial charge is 0.308 e. The highest BCUT2D eigenvalue weighted by molar-refractivity contribution is 9.11. The van der Waals surface area contributed by atoms with Crippen LogP contribution in [0.1, 0.15) is 4.88 Å². The highest BCUT2D eigenvalue weighted by atomic mass is 79.9. The van der Waals surface area contributed by atoms with Crippen molar-refractivity contribution in [1.29, 1.82) is 0 Å². The molecule has 2 aromatic rings. The number of nitrogens with zero attached hydrogens (tertiary/aromatic N) is 2. The maximum absolute atomic E-state index is 11.8. The number of hydrogen-bond donors (Lipinski definition) is 0. The number of rotatable bonds is 2. The van der Waals surface area contributed by atoms with E-state index < -0.39 is 0 Å². The molecule has 0 spiro atoms. The van der Waals surface area contributed by atoms with Crippen molar-refractivity contribution in [3.8, 4) is 0 Å². The number of hydrogen-bond acceptors (Lipinski definition) is 3. The van der Waals surface area contributed by atoms with Gasteiger partial charge in [-0.15, -0.1) is 11.3 Å². The fourth-order valence-electron chi connectivity index (χ4n) is 1.21. The topological polar surface area (TPSA) is 34.9 Å². The van der Waals surface area contributed by atoms with E-state index in [2.05, 4.69) is 36.8 Å². The first-order valence-electron chi connectivity index (χ1n) is 4.22. The van der Waals surface area contributed by atoms with Gasteiger partial charge in [0.1, 0.15) is 0 Å². The zero-order chi connectivity index (χ0) is 11.7. The minimum Gasteiger partial charge on any atom is -0.308 e. The fourth-order valence-corrected chi connectivity index (χ4v) is 3.44. The zero-order valence-corrected chi connectivity index (χ0v) is 12.5. The van der Waals surface area contributed by atoms with Crippen LogP contribution in [0.4, 0.5) is 0 Å². The second-order valence-electron chi connectivity index (χ2n) is 3.02. The number of pyridine rings is 1. The first-order chi connectivity index (χ1) is 7.56. The molecule has 0 radical (unpaired) electrons. The van der Waals surface area contributed by atoms with Gasteiger partial charge in [-0.05, 0) is 37.9 Å². The van der Waals surface area contributed by atoms with Crippen molar-refractivity contribution in [2.45, 2.75) is 6.54 Å². The lowest BCUT2D eigenvalue weighted by Gasteiger charge is -2.04. The monoisotopic (exact) mass is 382 g/mol. The van der Waals surface area contributed by atoms with Crippen LogP contribution in [0.2, 0.25) is 4.47 Å². The molecule has 0 saturated carbocycles. The Morgan fingerprint density at radius 1 is 1.50 bits per heavy atom. The summed E-state index contributed by atoms with van der Waals surface area (Å²) in [7, 11) is 0. The van der Waals surface area contributed by atoms with E-state index in [0.717, 1.165) is 9.35 Å². The highest BCUT2D eigenvalue weighted by Gasteiger charge is 2.06. The minimum absolute atomic E-state index is 0.0762. The van der Waals surface area contributed by atoms with E-state index in [-0.39, 0.29) is 5.56 Å². The molecule has 0 aliphatic carbocycles. The first-order valence-corrected chi connectivity index (χ1v) is 7.00. The van der Waals surface area contributed by atoms with Gasteiger partial charge >= 0.3 is 0 Å². The smallest absolute Gasteiger partial charge is 0.265 e. The molecule has 0 saturated heterocycles. The average Bonchev–Trinajstić information content (AvgIpc) is 2.60. The van der Waals surface area contributed by atoms with Gasteiger partial charge in [0.2, 0.25) is 0 Å². The number of aromatic nitrogens is 2. The van der Waals surface area contributed by atoms with E-state index >= 15 is 0 Å². The predicted molar refractivity (Wildman–Crippen MR) is 72.3 cm³/mol. The van der Waals surface area contributed by atoms with Crippen molar-refractivity contribution in [2.75, 3.05) is 0 Å². The molecular weight excluding hydrogens is 379 g/mol. The molecule has 0 aliphatic rings. The lowest BCUT2D eigenvalue weighted by Crippen LogP contribution is -2.20. The van der Waals surface area contributed by atoms with Crippen LogP contribution in [0.5, 0.6) is 0 Å². The van der Waals surface area contributed by atoms with E-state index in [9.17, 15) is 4.79 Å². The van der Waals surface area contributed by atoms with E-state index in [1.165, 1.54) is 11.3 Å². The van der Waals surface area contributed by atoms with Gasteiger partial charge in [-0.2, -0.15) is 0 Å². The van der Waals surface area contributed by atoms with Gasteiger partial charge in [-0.25, -0.2) is 4.98 Å². The van der Waals surface area contributed by atoms with Crippen LogP contribution in [0.25, 0.3) is 0 Å². The molecule has 0 bridgehead atoms. The van der Waals surface area contributed by atoms with Crippen molar-refractivity contribution in [3.05, 3.63) is 47.1 Å². The molecule has 0 unspecified atom stereocenters. The molecule has 7 heteroatoms. The first kappa shape index (κ1) is 12.3. The lowest BCUT2D eigenvalue weighted by atomic mass is 10.4. The quantitative estimate of drug-likeness (QED) is 0.794. The van der Waals surface area contributed by atoms with E-state index in [1.807, 2.05) is 0 Å². The Labute approximate surface area is 117 Å². The summed E-state index contributed by atoms with van der Waals surface area (Å²) in [5.41, 5.74) is -0.0762. The standard InChI is InChI=1S/C9H5Br2ClN2OS/c10-5-1-7(11)8(15)14(3-5)4-6-2-13-9(12)16-6/h1-3H,4H2. The van der Waals surface area contributed by atoms with Crippen LogP contribution < -0.4 is 5.56 Å². The van der Waals surface area contributed by atoms with Crippen LogP contribution in [-0.2, 0) is 6.54 Å². The van der Waals surface area contributed by atoms with Crippen LogP contribution >= 0.6 is 54.8 Å². The van der Waals surface area contributed by atoms with E-state index in [0.29, 0.717) is 15.5 Å². The Balaban J connectivity index is 2.38. The molecule has 0 aliphatic heterocycles. The molecule has 84 valence electrons. The van der Waals surface area contributed by atoms with Crippen LogP contribution in [-0.4, -0.2) is 9.55 Å². The third kappa shape index (κ3) is 2.74. The maximum atomic E-state index is 11.8. The molecule has 0 amide bonds. The van der Waals surface area contributed by atoms with Crippen molar-refractivity contribution >= 4 is 54.8 Å². The molecule has 3 nitrogen and oxygen atoms in total. The molecular formula is C9H5Br2ClN2OS. The summed E-state index contributed by atoms with van der Waals surface area (Å²) in [5.74, 6) is 0. The van der Waals surface area contributed by atoms with Gasteiger partial charge in [-0.3, -0.25) is 4.79 Å². The van der Waals surface area contributed by atoms with Gasteiger partial charge in [-0.1, -0.05) is 11.6 Å². The summed E-state index contributed by atoms with van der Waals surface area (Å²) in [6, 6.07) is 1.72. The third-order valence-electron chi connectivity index (χ3n) is 1.86. The van der Waals surface area contributed by atoms with Crippen LogP contribution in [0, 0.1) is 0 Å². The molecule has 2 aromatic heterocycles. The van der Waals surface area contributed by atoms with Gasteiger partial charge in [0.05, 0.1) is 11.0 Å². The molecule has 0 fully saturated rings. The summed E-state index contributed by atoms with van der Waals surface area (Å²) in [6.45, 7) is 0.473. The number of halogens is 3. The second-order valence-corrected chi connectivity index (χ2v) is 6.49. The van der Waals surface area contributed by atoms with Crippen molar-refractivity contribution in [1.82, 2.24) is 9.55 Å². The van der Waals surface area contributed by atoms with Crippen molar-refractivity contribution < 1.29 is 0 Å². The molecule has 0 atom stereocenters. The Kier molecular flexibility index (Phi) is 3.84. The van der Waals surface area contributed by atoms with E-state index in [4.69, 9.17) is 11.6 Å². The molecule has 0 aromatic carbocycles. The minimum atomic E-state index is -0.0762. The number of thiazole rings is 1. The Morgan fingerprint density at radius 2 is 2.25 bits per heavy atom. The predicted octanol–water partition coefficient (Wildman–Crippen LogP) is 3.53. The maximum Gasteiger partial charge on any atom is 0.265 e. The van der Waals surface area contributed by atoms with Crippen LogP contribution in [0.3, 0.4) is 0 Å². The molecule has 2 heterocycles. The molecule has 2 rings (SSSR count). The summed E-state index contributed by atoms with van der Waals surface area (Å²) < 4.78 is 3.45. The summed E-state index contributed by atoms with van der Waals surface area (Å²) >= 11 is 13.6. The van der Waals surface area contributed by atoms with Gasteiger partial charge in [0, 0.05) is 21.7 Å². The third-order valence-corrected chi connectivity index (χ3v) is 3.96. The SMILES string of the molecule is O=c1c(Br)cc(Br)cn1Cc1cnc(Cl)s1. The molecule has 0 N–H and O–H groups in total. The van der Waals surface area contributed by atoms with Crippen molar-refractivity contribution in [3.63, 3.8) is 0 Å². The second kappa shape index (κ2) is 5.00.